The number of hydrogen-bond acceptors (Lipinski definition) is 2. The normalized spacial score (nSPS) is 24.3. The first-order valence-electron chi connectivity index (χ1n) is 5.78. The molecule has 0 aromatic heterocycles. The lowest BCUT2D eigenvalue weighted by Crippen LogP contribution is -2.46. The van der Waals surface area contributed by atoms with Gasteiger partial charge in [0.15, 0.2) is 0 Å². The molecule has 2 N–H and O–H groups in total. The highest BCUT2D eigenvalue weighted by atomic mass is 19.1. The lowest BCUT2D eigenvalue weighted by molar-refractivity contribution is 0.0262. The molecule has 1 fully saturated rings. The third-order valence-corrected chi connectivity index (χ3v) is 3.29. The van der Waals surface area contributed by atoms with Crippen LogP contribution in [0.15, 0.2) is 24.3 Å². The van der Waals surface area contributed by atoms with Gasteiger partial charge in [-0.1, -0.05) is 12.1 Å². The van der Waals surface area contributed by atoms with Crippen molar-refractivity contribution >= 4 is 0 Å². The summed E-state index contributed by atoms with van der Waals surface area (Å²) in [4.78, 5) is 0. The van der Waals surface area contributed by atoms with E-state index in [2.05, 4.69) is 5.32 Å². The van der Waals surface area contributed by atoms with E-state index < -0.39 is 5.60 Å². The van der Waals surface area contributed by atoms with E-state index in [0.717, 1.165) is 24.9 Å². The summed E-state index contributed by atoms with van der Waals surface area (Å²) < 4.78 is 12.7. The maximum Gasteiger partial charge on any atom is 0.123 e. The van der Waals surface area contributed by atoms with E-state index in [9.17, 15) is 9.50 Å². The summed E-state index contributed by atoms with van der Waals surface area (Å²) in [5.74, 6) is -0.234. The van der Waals surface area contributed by atoms with Crippen LogP contribution in [-0.2, 0) is 6.42 Å². The Morgan fingerprint density at radius 3 is 2.69 bits per heavy atom. The van der Waals surface area contributed by atoms with Gasteiger partial charge in [-0.25, -0.2) is 4.39 Å². The van der Waals surface area contributed by atoms with Gasteiger partial charge in [0.05, 0.1) is 5.60 Å². The molecule has 0 bridgehead atoms. The van der Waals surface area contributed by atoms with Gasteiger partial charge in [-0.15, -0.1) is 0 Å². The zero-order chi connectivity index (χ0) is 11.6. The number of benzene rings is 1. The third-order valence-electron chi connectivity index (χ3n) is 3.29. The molecule has 0 radical (unpaired) electrons. The van der Waals surface area contributed by atoms with Crippen molar-refractivity contribution in [2.45, 2.75) is 37.8 Å². The summed E-state index contributed by atoms with van der Waals surface area (Å²) in [7, 11) is 0. The second kappa shape index (κ2) is 4.52. The molecule has 2 atom stereocenters. The van der Waals surface area contributed by atoms with Crippen molar-refractivity contribution in [1.82, 2.24) is 5.32 Å². The van der Waals surface area contributed by atoms with Crippen molar-refractivity contribution in [2.24, 2.45) is 0 Å². The molecule has 0 amide bonds. The van der Waals surface area contributed by atoms with E-state index >= 15 is 0 Å². The number of rotatable bonds is 3. The van der Waals surface area contributed by atoms with Crippen molar-refractivity contribution in [3.63, 3.8) is 0 Å². The SMILES string of the molecule is CC(O)(Cc1ccc(F)cc1)C1CCCN1. The van der Waals surface area contributed by atoms with Gasteiger partial charge in [0.2, 0.25) is 0 Å². The van der Waals surface area contributed by atoms with Gasteiger partial charge in [0.25, 0.3) is 0 Å². The summed E-state index contributed by atoms with van der Waals surface area (Å²) in [6.45, 7) is 2.82. The van der Waals surface area contributed by atoms with E-state index in [1.807, 2.05) is 6.92 Å². The van der Waals surface area contributed by atoms with Gasteiger partial charge in [0, 0.05) is 12.5 Å². The molecule has 2 unspecified atom stereocenters. The molecule has 1 heterocycles. The summed E-state index contributed by atoms with van der Waals surface area (Å²) in [5.41, 5.74) is 0.217. The van der Waals surface area contributed by atoms with Crippen molar-refractivity contribution in [2.75, 3.05) is 6.54 Å². The predicted octanol–water partition coefficient (Wildman–Crippen LogP) is 1.87. The van der Waals surface area contributed by atoms with Gasteiger partial charge in [-0.2, -0.15) is 0 Å². The quantitative estimate of drug-likeness (QED) is 0.820. The van der Waals surface area contributed by atoms with Crippen LogP contribution in [0.3, 0.4) is 0 Å². The zero-order valence-electron chi connectivity index (χ0n) is 9.54. The average Bonchev–Trinajstić information content (AvgIpc) is 2.75. The number of halogens is 1. The number of hydrogen-bond donors (Lipinski definition) is 2. The Kier molecular flexibility index (Phi) is 3.26. The average molecular weight is 223 g/mol. The Labute approximate surface area is 95.5 Å². The first kappa shape index (κ1) is 11.6. The van der Waals surface area contributed by atoms with Crippen LogP contribution in [0.5, 0.6) is 0 Å². The van der Waals surface area contributed by atoms with Gasteiger partial charge < -0.3 is 10.4 Å². The lowest BCUT2D eigenvalue weighted by atomic mass is 9.88. The van der Waals surface area contributed by atoms with Gasteiger partial charge in [-0.3, -0.25) is 0 Å². The highest BCUT2D eigenvalue weighted by Crippen LogP contribution is 2.23. The highest BCUT2D eigenvalue weighted by Gasteiger charge is 2.33. The molecular weight excluding hydrogens is 205 g/mol. The zero-order valence-corrected chi connectivity index (χ0v) is 9.54. The maximum atomic E-state index is 12.7. The molecule has 1 aliphatic heterocycles. The van der Waals surface area contributed by atoms with E-state index in [1.165, 1.54) is 12.1 Å². The van der Waals surface area contributed by atoms with Gasteiger partial charge in [0.1, 0.15) is 5.82 Å². The molecular formula is C13H18FNO. The predicted molar refractivity (Wildman–Crippen MR) is 61.8 cm³/mol. The van der Waals surface area contributed by atoms with Gasteiger partial charge >= 0.3 is 0 Å². The van der Waals surface area contributed by atoms with Crippen molar-refractivity contribution in [1.29, 1.82) is 0 Å². The molecule has 2 rings (SSSR count). The largest absolute Gasteiger partial charge is 0.388 e. The fourth-order valence-electron chi connectivity index (χ4n) is 2.35. The van der Waals surface area contributed by atoms with Crippen LogP contribution in [-0.4, -0.2) is 23.3 Å². The standard InChI is InChI=1S/C13H18FNO/c1-13(16,12-3-2-8-15-12)9-10-4-6-11(14)7-5-10/h4-7,12,15-16H,2-3,8-9H2,1H3. The monoisotopic (exact) mass is 223 g/mol. The summed E-state index contributed by atoms with van der Waals surface area (Å²) in [6, 6.07) is 6.50. The minimum absolute atomic E-state index is 0.151. The highest BCUT2D eigenvalue weighted by molar-refractivity contribution is 5.19. The van der Waals surface area contributed by atoms with E-state index in [0.29, 0.717) is 6.42 Å². The molecule has 1 aromatic rings. The lowest BCUT2D eigenvalue weighted by Gasteiger charge is -2.30. The first-order valence-corrected chi connectivity index (χ1v) is 5.78. The fourth-order valence-corrected chi connectivity index (χ4v) is 2.35. The van der Waals surface area contributed by atoms with Crippen molar-refractivity contribution < 1.29 is 9.50 Å². The van der Waals surface area contributed by atoms with Crippen LogP contribution >= 0.6 is 0 Å². The molecule has 3 heteroatoms. The Hall–Kier alpha value is -0.930. The summed E-state index contributed by atoms with van der Waals surface area (Å²) >= 11 is 0. The van der Waals surface area contributed by atoms with Crippen LogP contribution in [0.25, 0.3) is 0 Å². The minimum Gasteiger partial charge on any atom is -0.388 e. The molecule has 1 saturated heterocycles. The molecule has 2 nitrogen and oxygen atoms in total. The van der Waals surface area contributed by atoms with E-state index in [1.54, 1.807) is 12.1 Å². The van der Waals surface area contributed by atoms with Crippen molar-refractivity contribution in [3.8, 4) is 0 Å². The summed E-state index contributed by atoms with van der Waals surface area (Å²) in [6.07, 6.45) is 2.68. The second-order valence-electron chi connectivity index (χ2n) is 4.81. The topological polar surface area (TPSA) is 32.3 Å². The first-order chi connectivity index (χ1) is 7.58. The second-order valence-corrected chi connectivity index (χ2v) is 4.81. The van der Waals surface area contributed by atoms with Crippen LogP contribution in [0.2, 0.25) is 0 Å². The Bertz CT molecular complexity index is 341. The van der Waals surface area contributed by atoms with Crippen LogP contribution in [0, 0.1) is 5.82 Å². The molecule has 0 saturated carbocycles. The van der Waals surface area contributed by atoms with Crippen LogP contribution < -0.4 is 5.32 Å². The Morgan fingerprint density at radius 1 is 1.44 bits per heavy atom. The molecule has 88 valence electrons. The Morgan fingerprint density at radius 2 is 2.12 bits per heavy atom. The molecule has 1 aliphatic rings. The number of nitrogens with one attached hydrogen (secondary N) is 1. The van der Waals surface area contributed by atoms with Crippen LogP contribution in [0.1, 0.15) is 25.3 Å². The Balaban J connectivity index is 2.04. The van der Waals surface area contributed by atoms with Crippen molar-refractivity contribution in [3.05, 3.63) is 35.6 Å². The van der Waals surface area contributed by atoms with Crippen LogP contribution in [0.4, 0.5) is 4.39 Å². The van der Waals surface area contributed by atoms with E-state index in [-0.39, 0.29) is 11.9 Å². The molecule has 16 heavy (non-hydrogen) atoms. The molecule has 0 spiro atoms. The smallest absolute Gasteiger partial charge is 0.123 e. The van der Waals surface area contributed by atoms with Gasteiger partial charge in [-0.05, 0) is 44.0 Å². The third kappa shape index (κ3) is 2.60. The maximum absolute atomic E-state index is 12.7. The summed E-state index contributed by atoms with van der Waals surface area (Å²) in [5, 5.41) is 13.7. The fraction of sp³-hybridized carbons (Fsp3) is 0.538. The molecule has 0 aliphatic carbocycles. The number of aliphatic hydroxyl groups is 1. The van der Waals surface area contributed by atoms with E-state index in [4.69, 9.17) is 0 Å². The molecule has 1 aromatic carbocycles. The minimum atomic E-state index is -0.756.